The molecule has 0 fully saturated rings. The zero-order valence-electron chi connectivity index (χ0n) is 10.2. The van der Waals surface area contributed by atoms with Crippen LogP contribution in [0.5, 0.6) is 0 Å². The van der Waals surface area contributed by atoms with Crippen LogP contribution in [0.2, 0.25) is 0 Å². The zero-order valence-corrected chi connectivity index (χ0v) is 10.2. The highest BCUT2D eigenvalue weighted by atomic mass is 16.3. The number of rotatable bonds is 4. The van der Waals surface area contributed by atoms with Gasteiger partial charge in [0.15, 0.2) is 0 Å². The van der Waals surface area contributed by atoms with Gasteiger partial charge in [0, 0.05) is 12.1 Å². The quantitative estimate of drug-likeness (QED) is 0.814. The maximum Gasteiger partial charge on any atom is 0.0584 e. The Morgan fingerprint density at radius 3 is 3.00 bits per heavy atom. The predicted octanol–water partition coefficient (Wildman–Crippen LogP) is 2.34. The molecule has 2 heteroatoms. The molecule has 1 aliphatic rings. The van der Waals surface area contributed by atoms with E-state index < -0.39 is 0 Å². The summed E-state index contributed by atoms with van der Waals surface area (Å²) in [5.41, 5.74) is 4.23. The van der Waals surface area contributed by atoms with Gasteiger partial charge in [-0.3, -0.25) is 0 Å². The van der Waals surface area contributed by atoms with Gasteiger partial charge in [0.25, 0.3) is 0 Å². The first-order valence-corrected chi connectivity index (χ1v) is 6.21. The molecule has 2 N–H and O–H groups in total. The molecule has 0 saturated carbocycles. The lowest BCUT2D eigenvalue weighted by Crippen LogP contribution is -2.34. The Bertz CT molecular complexity index is 358. The van der Waals surface area contributed by atoms with Gasteiger partial charge in [-0.05, 0) is 37.3 Å². The fourth-order valence-electron chi connectivity index (χ4n) is 2.48. The van der Waals surface area contributed by atoms with Crippen molar-refractivity contribution in [2.45, 2.75) is 45.2 Å². The van der Waals surface area contributed by atoms with Crippen LogP contribution < -0.4 is 5.32 Å². The van der Waals surface area contributed by atoms with E-state index in [0.717, 1.165) is 19.3 Å². The summed E-state index contributed by atoms with van der Waals surface area (Å²) < 4.78 is 0. The number of nitrogens with one attached hydrogen (secondary N) is 1. The van der Waals surface area contributed by atoms with E-state index in [4.69, 9.17) is 0 Å². The number of hydrogen-bond donors (Lipinski definition) is 2. The molecule has 1 unspecified atom stereocenters. The normalized spacial score (nSPS) is 20.8. The third kappa shape index (κ3) is 2.28. The first-order valence-electron chi connectivity index (χ1n) is 6.21. The van der Waals surface area contributed by atoms with Crippen LogP contribution in [-0.2, 0) is 6.42 Å². The maximum absolute atomic E-state index is 9.23. The number of benzene rings is 1. The van der Waals surface area contributed by atoms with Crippen molar-refractivity contribution in [3.8, 4) is 0 Å². The summed E-state index contributed by atoms with van der Waals surface area (Å²) in [7, 11) is 0. The van der Waals surface area contributed by atoms with Gasteiger partial charge in [-0.2, -0.15) is 0 Å². The number of aliphatic hydroxyl groups is 1. The summed E-state index contributed by atoms with van der Waals surface area (Å²) in [6.07, 6.45) is 3.30. The van der Waals surface area contributed by atoms with Crippen LogP contribution in [-0.4, -0.2) is 17.8 Å². The fourth-order valence-corrected chi connectivity index (χ4v) is 2.48. The molecule has 0 amide bonds. The van der Waals surface area contributed by atoms with Gasteiger partial charge in [0.1, 0.15) is 0 Å². The summed E-state index contributed by atoms with van der Waals surface area (Å²) >= 11 is 0. The molecule has 0 radical (unpaired) electrons. The molecule has 0 heterocycles. The van der Waals surface area contributed by atoms with E-state index in [1.54, 1.807) is 0 Å². The first kappa shape index (κ1) is 11.6. The van der Waals surface area contributed by atoms with E-state index in [9.17, 15) is 5.11 Å². The van der Waals surface area contributed by atoms with Gasteiger partial charge in [0.05, 0.1) is 6.61 Å². The molecule has 0 saturated heterocycles. The Labute approximate surface area is 97.7 Å². The van der Waals surface area contributed by atoms with Crippen LogP contribution in [0, 0.1) is 6.92 Å². The summed E-state index contributed by atoms with van der Waals surface area (Å²) in [4.78, 5) is 0. The Hall–Kier alpha value is -0.860. The SMILES string of the molecule is CC[C@@H](CO)NC1CCc2ccc(C)cc21. The van der Waals surface area contributed by atoms with Gasteiger partial charge in [-0.25, -0.2) is 0 Å². The van der Waals surface area contributed by atoms with E-state index >= 15 is 0 Å². The number of aliphatic hydroxyl groups excluding tert-OH is 1. The van der Waals surface area contributed by atoms with Crippen LogP contribution in [0.4, 0.5) is 0 Å². The smallest absolute Gasteiger partial charge is 0.0584 e. The topological polar surface area (TPSA) is 32.3 Å². The van der Waals surface area contributed by atoms with E-state index in [1.165, 1.54) is 16.7 Å². The van der Waals surface area contributed by atoms with Gasteiger partial charge in [-0.15, -0.1) is 0 Å². The standard InChI is InChI=1S/C14H21NO/c1-3-12(9-16)15-14-7-6-11-5-4-10(2)8-13(11)14/h4-5,8,12,14-16H,3,6-7,9H2,1-2H3/t12-,14?/m0/s1. The number of fused-ring (bicyclic) bond motifs is 1. The van der Waals surface area contributed by atoms with Crippen LogP contribution in [0.1, 0.15) is 42.5 Å². The first-order chi connectivity index (χ1) is 7.74. The average molecular weight is 219 g/mol. The highest BCUT2D eigenvalue weighted by molar-refractivity contribution is 5.37. The van der Waals surface area contributed by atoms with Crippen LogP contribution in [0.25, 0.3) is 0 Å². The number of aryl methyl sites for hydroxylation is 2. The molecule has 1 aromatic rings. The second-order valence-corrected chi connectivity index (χ2v) is 4.75. The average Bonchev–Trinajstić information content (AvgIpc) is 2.68. The molecule has 0 bridgehead atoms. The highest BCUT2D eigenvalue weighted by Gasteiger charge is 2.23. The largest absolute Gasteiger partial charge is 0.395 e. The second kappa shape index (κ2) is 4.98. The Morgan fingerprint density at radius 1 is 1.50 bits per heavy atom. The van der Waals surface area contributed by atoms with E-state index in [1.807, 2.05) is 0 Å². The molecular weight excluding hydrogens is 198 g/mol. The van der Waals surface area contributed by atoms with Crippen molar-refractivity contribution in [1.82, 2.24) is 5.32 Å². The molecule has 1 aromatic carbocycles. The van der Waals surface area contributed by atoms with Crippen molar-refractivity contribution in [2.75, 3.05) is 6.61 Å². The van der Waals surface area contributed by atoms with Crippen molar-refractivity contribution in [1.29, 1.82) is 0 Å². The number of hydrogen-bond acceptors (Lipinski definition) is 2. The van der Waals surface area contributed by atoms with Crippen LogP contribution in [0.3, 0.4) is 0 Å². The lowest BCUT2D eigenvalue weighted by molar-refractivity contribution is 0.227. The maximum atomic E-state index is 9.23. The Kier molecular flexibility index (Phi) is 3.62. The minimum atomic E-state index is 0.230. The van der Waals surface area contributed by atoms with Gasteiger partial charge in [-0.1, -0.05) is 30.7 Å². The van der Waals surface area contributed by atoms with Crippen molar-refractivity contribution < 1.29 is 5.11 Å². The third-order valence-electron chi connectivity index (χ3n) is 3.53. The molecule has 0 spiro atoms. The summed E-state index contributed by atoms with van der Waals surface area (Å²) in [5, 5.41) is 12.8. The van der Waals surface area contributed by atoms with Crippen LogP contribution in [0.15, 0.2) is 18.2 Å². The summed E-state index contributed by atoms with van der Waals surface area (Å²) in [6, 6.07) is 7.38. The van der Waals surface area contributed by atoms with E-state index in [2.05, 4.69) is 37.4 Å². The lowest BCUT2D eigenvalue weighted by Gasteiger charge is -2.21. The van der Waals surface area contributed by atoms with Crippen molar-refractivity contribution >= 4 is 0 Å². The summed E-state index contributed by atoms with van der Waals surface area (Å²) in [5.74, 6) is 0. The second-order valence-electron chi connectivity index (χ2n) is 4.75. The molecule has 2 rings (SSSR count). The van der Waals surface area contributed by atoms with Crippen molar-refractivity contribution in [3.63, 3.8) is 0 Å². The molecule has 2 atom stereocenters. The minimum Gasteiger partial charge on any atom is -0.395 e. The zero-order chi connectivity index (χ0) is 11.5. The molecule has 0 aromatic heterocycles. The monoisotopic (exact) mass is 219 g/mol. The predicted molar refractivity (Wildman–Crippen MR) is 66.5 cm³/mol. The van der Waals surface area contributed by atoms with Crippen LogP contribution >= 0.6 is 0 Å². The van der Waals surface area contributed by atoms with E-state index in [-0.39, 0.29) is 12.6 Å². The minimum absolute atomic E-state index is 0.230. The van der Waals surface area contributed by atoms with Gasteiger partial charge >= 0.3 is 0 Å². The molecule has 2 nitrogen and oxygen atoms in total. The molecule has 1 aliphatic carbocycles. The molecular formula is C14H21NO. The summed E-state index contributed by atoms with van der Waals surface area (Å²) in [6.45, 7) is 4.48. The Morgan fingerprint density at radius 2 is 2.31 bits per heavy atom. The molecule has 16 heavy (non-hydrogen) atoms. The third-order valence-corrected chi connectivity index (χ3v) is 3.53. The lowest BCUT2D eigenvalue weighted by atomic mass is 10.0. The molecule has 0 aliphatic heterocycles. The van der Waals surface area contributed by atoms with E-state index in [0.29, 0.717) is 6.04 Å². The molecule has 88 valence electrons. The van der Waals surface area contributed by atoms with Crippen molar-refractivity contribution in [2.24, 2.45) is 0 Å². The van der Waals surface area contributed by atoms with Gasteiger partial charge in [0.2, 0.25) is 0 Å². The van der Waals surface area contributed by atoms with Gasteiger partial charge < -0.3 is 10.4 Å². The van der Waals surface area contributed by atoms with Crippen molar-refractivity contribution in [3.05, 3.63) is 34.9 Å². The fraction of sp³-hybridized carbons (Fsp3) is 0.571. The highest BCUT2D eigenvalue weighted by Crippen LogP contribution is 2.32. The Balaban J connectivity index is 2.13.